The van der Waals surface area contributed by atoms with Crippen molar-refractivity contribution in [1.29, 1.82) is 0 Å². The third-order valence-electron chi connectivity index (χ3n) is 3.46. The van der Waals surface area contributed by atoms with Gasteiger partial charge < -0.3 is 4.74 Å². The maximum Gasteiger partial charge on any atom is 0.133 e. The van der Waals surface area contributed by atoms with Crippen molar-refractivity contribution in [3.8, 4) is 0 Å². The molecule has 1 aliphatic heterocycles. The van der Waals surface area contributed by atoms with Gasteiger partial charge in [-0.25, -0.2) is 0 Å². The third kappa shape index (κ3) is 0.712. The van der Waals surface area contributed by atoms with E-state index in [9.17, 15) is 4.79 Å². The van der Waals surface area contributed by atoms with Crippen molar-refractivity contribution in [2.24, 2.45) is 17.8 Å². The van der Waals surface area contributed by atoms with Gasteiger partial charge in [0.05, 0.1) is 12.2 Å². The summed E-state index contributed by atoms with van der Waals surface area (Å²) in [7, 11) is 0. The topological polar surface area (TPSA) is 29.6 Å². The molecule has 4 aliphatic rings. The van der Waals surface area contributed by atoms with Crippen molar-refractivity contribution in [2.75, 3.05) is 0 Å². The van der Waals surface area contributed by atoms with Crippen LogP contribution in [0.25, 0.3) is 0 Å². The number of fused-ring (bicyclic) bond motifs is 1. The van der Waals surface area contributed by atoms with Crippen LogP contribution in [-0.4, -0.2) is 18.0 Å². The molecule has 64 valence electrons. The number of hydrogen-bond acceptors (Lipinski definition) is 2. The van der Waals surface area contributed by atoms with Crippen LogP contribution in [0, 0.1) is 17.8 Å². The molecule has 0 spiro atoms. The highest BCUT2D eigenvalue weighted by Gasteiger charge is 2.57. The summed E-state index contributed by atoms with van der Waals surface area (Å²) in [5, 5.41) is 0. The molecule has 2 heteroatoms. The Balaban J connectivity index is 1.94. The summed E-state index contributed by atoms with van der Waals surface area (Å²) < 4.78 is 5.53. The van der Waals surface area contributed by atoms with Crippen molar-refractivity contribution < 1.29 is 9.53 Å². The minimum atomic E-state index is 0.253. The monoisotopic (exact) mass is 164 g/mol. The second-order valence-electron chi connectivity index (χ2n) is 4.14. The van der Waals surface area contributed by atoms with E-state index in [0.717, 1.165) is 6.42 Å². The number of epoxide rings is 1. The van der Waals surface area contributed by atoms with Crippen molar-refractivity contribution in [3.63, 3.8) is 0 Å². The van der Waals surface area contributed by atoms with Gasteiger partial charge in [-0.2, -0.15) is 0 Å². The molecule has 5 unspecified atom stereocenters. The predicted octanol–water partition coefficient (Wildman–Crippen LogP) is 1.16. The zero-order valence-corrected chi connectivity index (χ0v) is 7.07. The summed E-state index contributed by atoms with van der Waals surface area (Å²) in [6, 6.07) is 0. The average molecular weight is 164 g/mol. The summed E-state index contributed by atoms with van der Waals surface area (Å²) in [6.45, 7) is 1.70. The lowest BCUT2D eigenvalue weighted by Gasteiger charge is -2.33. The van der Waals surface area contributed by atoms with E-state index in [4.69, 9.17) is 4.74 Å². The van der Waals surface area contributed by atoms with Gasteiger partial charge in [-0.15, -0.1) is 0 Å². The van der Waals surface area contributed by atoms with E-state index in [-0.39, 0.29) is 5.92 Å². The summed E-state index contributed by atoms with van der Waals surface area (Å²) in [5.74, 6) is 1.53. The van der Waals surface area contributed by atoms with Crippen LogP contribution in [0.4, 0.5) is 0 Å². The molecule has 4 rings (SSSR count). The summed E-state index contributed by atoms with van der Waals surface area (Å²) in [6.07, 6.45) is 6.31. The minimum absolute atomic E-state index is 0.253. The van der Waals surface area contributed by atoms with E-state index in [1.165, 1.54) is 0 Å². The quantitative estimate of drug-likeness (QED) is 0.430. The standard InChI is InChI=1S/C10H12O2/c1-5(11)8-4-6-2-3-7(8)10-9(6)12-10/h2-3,6-10H,4H2,1H3. The minimum Gasteiger partial charge on any atom is -0.368 e. The number of ether oxygens (including phenoxy) is 1. The molecule has 5 atom stereocenters. The second kappa shape index (κ2) is 1.99. The molecule has 2 bridgehead atoms. The van der Waals surface area contributed by atoms with Crippen molar-refractivity contribution in [3.05, 3.63) is 12.2 Å². The Morgan fingerprint density at radius 1 is 1.42 bits per heavy atom. The number of carbonyl (C=O) groups is 1. The largest absolute Gasteiger partial charge is 0.368 e. The van der Waals surface area contributed by atoms with E-state index in [1.807, 2.05) is 0 Å². The first-order valence-corrected chi connectivity index (χ1v) is 4.61. The van der Waals surface area contributed by atoms with Gasteiger partial charge in [0.25, 0.3) is 0 Å². The molecule has 0 aromatic heterocycles. The molecular weight excluding hydrogens is 152 g/mol. The van der Waals surface area contributed by atoms with Crippen LogP contribution < -0.4 is 0 Å². The molecule has 1 heterocycles. The van der Waals surface area contributed by atoms with Crippen LogP contribution in [0.5, 0.6) is 0 Å². The van der Waals surface area contributed by atoms with Gasteiger partial charge in [0.2, 0.25) is 0 Å². The van der Waals surface area contributed by atoms with Gasteiger partial charge in [0.15, 0.2) is 0 Å². The fourth-order valence-electron chi connectivity index (χ4n) is 2.74. The number of carbonyl (C=O) groups excluding carboxylic acids is 1. The summed E-state index contributed by atoms with van der Waals surface area (Å²) in [4.78, 5) is 11.3. The van der Waals surface area contributed by atoms with Gasteiger partial charge in [0, 0.05) is 17.8 Å². The number of Topliss-reactive ketones (excluding diaryl/α,β-unsaturated/α-hetero) is 1. The fourth-order valence-corrected chi connectivity index (χ4v) is 2.74. The first-order chi connectivity index (χ1) is 5.77. The molecule has 12 heavy (non-hydrogen) atoms. The predicted molar refractivity (Wildman–Crippen MR) is 43.6 cm³/mol. The molecule has 0 aromatic rings. The Morgan fingerprint density at radius 2 is 2.25 bits per heavy atom. The van der Waals surface area contributed by atoms with E-state index in [0.29, 0.717) is 29.8 Å². The third-order valence-corrected chi connectivity index (χ3v) is 3.46. The average Bonchev–Trinajstić information content (AvgIpc) is 2.84. The first kappa shape index (κ1) is 6.84. The highest BCUT2D eigenvalue weighted by molar-refractivity contribution is 5.79. The highest BCUT2D eigenvalue weighted by Crippen LogP contribution is 2.52. The highest BCUT2D eigenvalue weighted by atomic mass is 16.6. The van der Waals surface area contributed by atoms with E-state index in [2.05, 4.69) is 12.2 Å². The van der Waals surface area contributed by atoms with Crippen LogP contribution in [0.3, 0.4) is 0 Å². The lowest BCUT2D eigenvalue weighted by molar-refractivity contribution is -0.123. The summed E-state index contributed by atoms with van der Waals surface area (Å²) in [5.41, 5.74) is 0. The number of ketones is 1. The van der Waals surface area contributed by atoms with Crippen LogP contribution in [0.1, 0.15) is 13.3 Å². The fraction of sp³-hybridized carbons (Fsp3) is 0.700. The molecule has 1 saturated carbocycles. The normalized spacial score (nSPS) is 53.6. The Labute approximate surface area is 71.6 Å². The molecule has 3 aliphatic carbocycles. The maximum absolute atomic E-state index is 11.3. The van der Waals surface area contributed by atoms with E-state index < -0.39 is 0 Å². The van der Waals surface area contributed by atoms with Crippen LogP contribution in [0.15, 0.2) is 12.2 Å². The smallest absolute Gasteiger partial charge is 0.133 e. The maximum atomic E-state index is 11.3. The molecule has 1 saturated heterocycles. The van der Waals surface area contributed by atoms with Gasteiger partial charge >= 0.3 is 0 Å². The Morgan fingerprint density at radius 3 is 2.92 bits per heavy atom. The lowest BCUT2D eigenvalue weighted by Crippen LogP contribution is -2.37. The zero-order valence-electron chi connectivity index (χ0n) is 7.07. The molecule has 0 radical (unpaired) electrons. The van der Waals surface area contributed by atoms with Crippen LogP contribution in [0.2, 0.25) is 0 Å². The Kier molecular flexibility index (Phi) is 1.14. The van der Waals surface area contributed by atoms with Crippen LogP contribution >= 0.6 is 0 Å². The Hall–Kier alpha value is -0.630. The summed E-state index contributed by atoms with van der Waals surface area (Å²) >= 11 is 0. The Bertz CT molecular complexity index is 269. The zero-order chi connectivity index (χ0) is 8.29. The van der Waals surface area contributed by atoms with Gasteiger partial charge in [0.1, 0.15) is 5.78 Å². The first-order valence-electron chi connectivity index (χ1n) is 4.61. The molecule has 2 nitrogen and oxygen atoms in total. The van der Waals surface area contributed by atoms with Crippen LogP contribution in [-0.2, 0) is 9.53 Å². The van der Waals surface area contributed by atoms with Crippen molar-refractivity contribution in [1.82, 2.24) is 0 Å². The molecule has 0 amide bonds. The lowest BCUT2D eigenvalue weighted by atomic mass is 9.68. The SMILES string of the molecule is CC(=O)C1CC2C=CC1C1OC21. The van der Waals surface area contributed by atoms with Gasteiger partial charge in [-0.3, -0.25) is 4.79 Å². The van der Waals surface area contributed by atoms with Crippen molar-refractivity contribution in [2.45, 2.75) is 25.6 Å². The number of hydrogen-bond donors (Lipinski definition) is 0. The molecule has 0 N–H and O–H groups in total. The van der Waals surface area contributed by atoms with Gasteiger partial charge in [-0.1, -0.05) is 12.2 Å². The second-order valence-corrected chi connectivity index (χ2v) is 4.14. The molecule has 0 aromatic carbocycles. The van der Waals surface area contributed by atoms with E-state index >= 15 is 0 Å². The number of rotatable bonds is 1. The van der Waals surface area contributed by atoms with E-state index in [1.54, 1.807) is 6.92 Å². The molecule has 2 fully saturated rings. The molecular formula is C10H12O2. The van der Waals surface area contributed by atoms with Crippen molar-refractivity contribution >= 4 is 5.78 Å². The van der Waals surface area contributed by atoms with Gasteiger partial charge in [-0.05, 0) is 13.3 Å².